The lowest BCUT2D eigenvalue weighted by atomic mass is 10.1. The molecule has 2 heteroatoms. The second kappa shape index (κ2) is 5.35. The molecule has 0 bridgehead atoms. The van der Waals surface area contributed by atoms with E-state index in [-0.39, 0.29) is 11.6 Å². The first-order chi connectivity index (χ1) is 7.37. The molecule has 1 unspecified atom stereocenters. The monoisotopic (exact) mass is 221 g/mol. The molecule has 0 fully saturated rings. The van der Waals surface area contributed by atoms with Crippen LogP contribution in [0.1, 0.15) is 33.3 Å². The molecular weight excluding hydrogens is 198 g/mol. The fourth-order valence-corrected chi connectivity index (χ4v) is 1.41. The zero-order valence-electron chi connectivity index (χ0n) is 11.0. The molecule has 90 valence electrons. The van der Waals surface area contributed by atoms with E-state index in [2.05, 4.69) is 52.1 Å². The summed E-state index contributed by atoms with van der Waals surface area (Å²) in [6, 6.07) is 8.16. The van der Waals surface area contributed by atoms with Gasteiger partial charge in [0.25, 0.3) is 0 Å². The van der Waals surface area contributed by atoms with Crippen LogP contribution in [0.2, 0.25) is 0 Å². The Balaban J connectivity index is 2.43. The summed E-state index contributed by atoms with van der Waals surface area (Å²) in [6.45, 7) is 11.5. The number of aryl methyl sites for hydroxylation is 1. The summed E-state index contributed by atoms with van der Waals surface area (Å²) in [5.74, 6) is 0.947. The average molecular weight is 221 g/mol. The van der Waals surface area contributed by atoms with Crippen molar-refractivity contribution in [2.75, 3.05) is 6.54 Å². The van der Waals surface area contributed by atoms with Gasteiger partial charge in [-0.1, -0.05) is 12.1 Å². The summed E-state index contributed by atoms with van der Waals surface area (Å²) in [7, 11) is 0. The van der Waals surface area contributed by atoms with Gasteiger partial charge in [-0.2, -0.15) is 0 Å². The number of rotatable bonds is 4. The number of nitrogens with one attached hydrogen (secondary N) is 1. The number of hydrogen-bond acceptors (Lipinski definition) is 2. The SMILES string of the molecule is Cc1cccc(OC(C)CNC(C)(C)C)c1. The molecule has 0 aliphatic heterocycles. The van der Waals surface area contributed by atoms with E-state index in [4.69, 9.17) is 4.74 Å². The van der Waals surface area contributed by atoms with Crippen LogP contribution in [-0.4, -0.2) is 18.2 Å². The van der Waals surface area contributed by atoms with Crippen LogP contribution in [0.15, 0.2) is 24.3 Å². The molecule has 0 radical (unpaired) electrons. The number of benzene rings is 1. The van der Waals surface area contributed by atoms with Crippen LogP contribution in [0.25, 0.3) is 0 Å². The molecule has 1 aromatic rings. The predicted octanol–water partition coefficient (Wildman–Crippen LogP) is 3.15. The van der Waals surface area contributed by atoms with Crippen molar-refractivity contribution in [3.8, 4) is 5.75 Å². The van der Waals surface area contributed by atoms with Crippen molar-refractivity contribution in [3.05, 3.63) is 29.8 Å². The van der Waals surface area contributed by atoms with E-state index >= 15 is 0 Å². The van der Waals surface area contributed by atoms with Gasteiger partial charge in [-0.15, -0.1) is 0 Å². The van der Waals surface area contributed by atoms with Gasteiger partial charge in [0.15, 0.2) is 0 Å². The van der Waals surface area contributed by atoms with Crippen molar-refractivity contribution in [1.82, 2.24) is 5.32 Å². The minimum Gasteiger partial charge on any atom is -0.489 e. The predicted molar refractivity (Wildman–Crippen MR) is 69.0 cm³/mol. The quantitative estimate of drug-likeness (QED) is 0.843. The Labute approximate surface area is 99.0 Å². The molecule has 0 amide bonds. The maximum atomic E-state index is 5.83. The molecule has 0 spiro atoms. The van der Waals surface area contributed by atoms with Gasteiger partial charge in [0.2, 0.25) is 0 Å². The Morgan fingerprint density at radius 2 is 2.00 bits per heavy atom. The van der Waals surface area contributed by atoms with Crippen LogP contribution < -0.4 is 10.1 Å². The lowest BCUT2D eigenvalue weighted by Crippen LogP contribution is -2.41. The summed E-state index contributed by atoms with van der Waals surface area (Å²) >= 11 is 0. The van der Waals surface area contributed by atoms with Crippen LogP contribution in [0, 0.1) is 6.92 Å². The van der Waals surface area contributed by atoms with E-state index in [0.29, 0.717) is 0 Å². The molecule has 0 saturated heterocycles. The van der Waals surface area contributed by atoms with Crippen molar-refractivity contribution < 1.29 is 4.74 Å². The van der Waals surface area contributed by atoms with Gasteiger partial charge < -0.3 is 10.1 Å². The van der Waals surface area contributed by atoms with Crippen molar-refractivity contribution in [3.63, 3.8) is 0 Å². The van der Waals surface area contributed by atoms with Crippen molar-refractivity contribution in [1.29, 1.82) is 0 Å². The Hall–Kier alpha value is -1.02. The molecule has 0 aliphatic rings. The molecule has 1 aromatic carbocycles. The van der Waals surface area contributed by atoms with Crippen LogP contribution in [0.3, 0.4) is 0 Å². The molecule has 1 rings (SSSR count). The zero-order chi connectivity index (χ0) is 12.2. The van der Waals surface area contributed by atoms with E-state index in [1.165, 1.54) is 5.56 Å². The smallest absolute Gasteiger partial charge is 0.120 e. The molecule has 0 saturated carbocycles. The van der Waals surface area contributed by atoms with Crippen LogP contribution in [-0.2, 0) is 0 Å². The topological polar surface area (TPSA) is 21.3 Å². The number of ether oxygens (including phenoxy) is 1. The fraction of sp³-hybridized carbons (Fsp3) is 0.571. The molecule has 1 N–H and O–H groups in total. The minimum absolute atomic E-state index is 0.143. The van der Waals surface area contributed by atoms with Crippen LogP contribution >= 0.6 is 0 Å². The molecule has 0 heterocycles. The summed E-state index contributed by atoms with van der Waals surface area (Å²) in [5, 5.41) is 3.43. The fourth-order valence-electron chi connectivity index (χ4n) is 1.41. The molecule has 0 aliphatic carbocycles. The van der Waals surface area contributed by atoms with E-state index < -0.39 is 0 Å². The van der Waals surface area contributed by atoms with Gasteiger partial charge in [0, 0.05) is 12.1 Å². The van der Waals surface area contributed by atoms with Crippen LogP contribution in [0.4, 0.5) is 0 Å². The van der Waals surface area contributed by atoms with Gasteiger partial charge >= 0.3 is 0 Å². The highest BCUT2D eigenvalue weighted by atomic mass is 16.5. The minimum atomic E-state index is 0.143. The van der Waals surface area contributed by atoms with Gasteiger partial charge in [0.05, 0.1) is 0 Å². The third kappa shape index (κ3) is 5.17. The third-order valence-corrected chi connectivity index (χ3v) is 2.25. The summed E-state index contributed by atoms with van der Waals surface area (Å²) in [4.78, 5) is 0. The van der Waals surface area contributed by atoms with Gasteiger partial charge in [-0.25, -0.2) is 0 Å². The van der Waals surface area contributed by atoms with E-state index in [0.717, 1.165) is 12.3 Å². The van der Waals surface area contributed by atoms with E-state index in [1.54, 1.807) is 0 Å². The molecule has 2 nitrogen and oxygen atoms in total. The molecular formula is C14H23NO. The van der Waals surface area contributed by atoms with Crippen molar-refractivity contribution >= 4 is 0 Å². The van der Waals surface area contributed by atoms with Gasteiger partial charge in [-0.3, -0.25) is 0 Å². The standard InChI is InChI=1S/C14H23NO/c1-11-7-6-8-13(9-11)16-12(2)10-15-14(3,4)5/h6-9,12,15H,10H2,1-5H3. The Kier molecular flexibility index (Phi) is 4.36. The van der Waals surface area contributed by atoms with Gasteiger partial charge in [0.1, 0.15) is 11.9 Å². The highest BCUT2D eigenvalue weighted by Crippen LogP contribution is 2.14. The van der Waals surface area contributed by atoms with Gasteiger partial charge in [-0.05, 0) is 52.3 Å². The summed E-state index contributed by atoms with van der Waals surface area (Å²) in [6.07, 6.45) is 0.182. The first-order valence-corrected chi connectivity index (χ1v) is 5.85. The molecule has 16 heavy (non-hydrogen) atoms. The van der Waals surface area contributed by atoms with Crippen molar-refractivity contribution in [2.45, 2.75) is 46.3 Å². The highest BCUT2D eigenvalue weighted by Gasteiger charge is 2.11. The Morgan fingerprint density at radius 1 is 1.31 bits per heavy atom. The van der Waals surface area contributed by atoms with Crippen LogP contribution in [0.5, 0.6) is 5.75 Å². The maximum Gasteiger partial charge on any atom is 0.120 e. The second-order valence-corrected chi connectivity index (χ2v) is 5.38. The Bertz CT molecular complexity index is 328. The van der Waals surface area contributed by atoms with E-state index in [9.17, 15) is 0 Å². The van der Waals surface area contributed by atoms with Crippen molar-refractivity contribution in [2.24, 2.45) is 0 Å². The lowest BCUT2D eigenvalue weighted by molar-refractivity contribution is 0.203. The Morgan fingerprint density at radius 3 is 2.56 bits per heavy atom. The summed E-state index contributed by atoms with van der Waals surface area (Å²) < 4.78 is 5.83. The first-order valence-electron chi connectivity index (χ1n) is 5.85. The molecule has 0 aromatic heterocycles. The highest BCUT2D eigenvalue weighted by molar-refractivity contribution is 5.27. The maximum absolute atomic E-state index is 5.83. The number of hydrogen-bond donors (Lipinski definition) is 1. The molecule has 1 atom stereocenters. The zero-order valence-corrected chi connectivity index (χ0v) is 11.0. The normalized spacial score (nSPS) is 13.6. The lowest BCUT2D eigenvalue weighted by Gasteiger charge is -2.24. The van der Waals surface area contributed by atoms with E-state index in [1.807, 2.05) is 12.1 Å². The second-order valence-electron chi connectivity index (χ2n) is 5.38. The largest absolute Gasteiger partial charge is 0.489 e. The third-order valence-electron chi connectivity index (χ3n) is 2.25. The summed E-state index contributed by atoms with van der Waals surface area (Å²) in [5.41, 5.74) is 1.37. The average Bonchev–Trinajstić information content (AvgIpc) is 2.14. The first kappa shape index (κ1) is 13.0.